The van der Waals surface area contributed by atoms with Gasteiger partial charge in [0.2, 0.25) is 0 Å². The maximum atomic E-state index is 11.5. The largest absolute Gasteiger partial charge is 0.494 e. The van der Waals surface area contributed by atoms with Gasteiger partial charge in [0.05, 0.1) is 19.3 Å². The molecule has 0 saturated heterocycles. The smallest absolute Gasteiger partial charge is 0.319 e. The molecule has 18 heavy (non-hydrogen) atoms. The minimum atomic E-state index is -0.343. The molecule has 3 N–H and O–H groups in total. The first-order valence-corrected chi connectivity index (χ1v) is 6.07. The number of ether oxygens (including phenoxy) is 1. The van der Waals surface area contributed by atoms with Gasteiger partial charge in [0.1, 0.15) is 5.75 Å². The third kappa shape index (κ3) is 5.05. The molecular weight excluding hydrogens is 232 g/mol. The van der Waals surface area contributed by atoms with E-state index in [0.717, 1.165) is 12.2 Å². The molecule has 0 aliphatic heterocycles. The summed E-state index contributed by atoms with van der Waals surface area (Å²) in [7, 11) is 0. The van der Waals surface area contributed by atoms with E-state index in [0.29, 0.717) is 12.3 Å². The highest BCUT2D eigenvalue weighted by Crippen LogP contribution is 2.17. The Morgan fingerprint density at radius 3 is 2.94 bits per heavy atom. The van der Waals surface area contributed by atoms with E-state index < -0.39 is 0 Å². The fourth-order valence-electron chi connectivity index (χ4n) is 1.32. The van der Waals surface area contributed by atoms with Crippen molar-refractivity contribution in [3.63, 3.8) is 0 Å². The monoisotopic (exact) mass is 252 g/mol. The predicted molar refractivity (Wildman–Crippen MR) is 70.9 cm³/mol. The van der Waals surface area contributed by atoms with Crippen LogP contribution in [0, 0.1) is 0 Å². The Morgan fingerprint density at radius 1 is 1.50 bits per heavy atom. The molecule has 1 aromatic rings. The lowest BCUT2D eigenvalue weighted by Crippen LogP contribution is -2.38. The second-order valence-corrected chi connectivity index (χ2v) is 4.06. The van der Waals surface area contributed by atoms with Crippen LogP contribution in [0.1, 0.15) is 20.3 Å². The van der Waals surface area contributed by atoms with Gasteiger partial charge in [0, 0.05) is 11.8 Å². The molecule has 1 rings (SSSR count). The molecule has 1 aromatic carbocycles. The van der Waals surface area contributed by atoms with Gasteiger partial charge in [-0.25, -0.2) is 4.79 Å². The summed E-state index contributed by atoms with van der Waals surface area (Å²) < 4.78 is 5.47. The zero-order valence-corrected chi connectivity index (χ0v) is 10.8. The molecule has 0 aromatic heterocycles. The third-order valence-corrected chi connectivity index (χ3v) is 2.22. The molecule has 2 amide bonds. The van der Waals surface area contributed by atoms with Crippen LogP contribution in [0.2, 0.25) is 0 Å². The van der Waals surface area contributed by atoms with Crippen molar-refractivity contribution < 1.29 is 14.6 Å². The average molecular weight is 252 g/mol. The predicted octanol–water partition coefficient (Wildman–Crippen LogP) is 1.98. The van der Waals surface area contributed by atoms with E-state index in [2.05, 4.69) is 10.6 Å². The number of aliphatic hydroxyl groups excluding tert-OH is 1. The fourth-order valence-corrected chi connectivity index (χ4v) is 1.32. The zero-order chi connectivity index (χ0) is 13.4. The van der Waals surface area contributed by atoms with Crippen LogP contribution in [-0.4, -0.2) is 30.4 Å². The Bertz CT molecular complexity index is 382. The number of hydrogen-bond acceptors (Lipinski definition) is 3. The highest BCUT2D eigenvalue weighted by Gasteiger charge is 2.06. The normalized spacial score (nSPS) is 11.7. The highest BCUT2D eigenvalue weighted by atomic mass is 16.5. The van der Waals surface area contributed by atoms with Gasteiger partial charge >= 0.3 is 6.03 Å². The third-order valence-electron chi connectivity index (χ3n) is 2.22. The number of hydrogen-bond donors (Lipinski definition) is 3. The quantitative estimate of drug-likeness (QED) is 0.725. The van der Waals surface area contributed by atoms with Crippen molar-refractivity contribution in [3.05, 3.63) is 24.3 Å². The summed E-state index contributed by atoms with van der Waals surface area (Å²) >= 11 is 0. The van der Waals surface area contributed by atoms with E-state index in [1.807, 2.05) is 19.1 Å². The number of carbonyl (C=O) groups is 1. The number of urea groups is 1. The second kappa shape index (κ2) is 7.55. The van der Waals surface area contributed by atoms with E-state index in [1.165, 1.54) is 0 Å². The van der Waals surface area contributed by atoms with Crippen LogP contribution in [0.3, 0.4) is 0 Å². The van der Waals surface area contributed by atoms with Crippen LogP contribution < -0.4 is 15.4 Å². The molecule has 5 nitrogen and oxygen atoms in total. The standard InChI is InChI=1S/C13H20N2O3/c1-3-7-18-12-6-4-5-11(8-12)15-13(17)14-10(2)9-16/h4-6,8,10,16H,3,7,9H2,1-2H3,(H2,14,15,17). The van der Waals surface area contributed by atoms with Crippen molar-refractivity contribution in [3.8, 4) is 5.75 Å². The van der Waals surface area contributed by atoms with Crippen molar-refractivity contribution >= 4 is 11.7 Å². The van der Waals surface area contributed by atoms with Crippen LogP contribution in [0.25, 0.3) is 0 Å². The summed E-state index contributed by atoms with van der Waals surface area (Å²) in [5.41, 5.74) is 0.659. The number of benzene rings is 1. The molecule has 1 unspecified atom stereocenters. The van der Waals surface area contributed by atoms with Crippen LogP contribution in [0.4, 0.5) is 10.5 Å². The number of amides is 2. The summed E-state index contributed by atoms with van der Waals surface area (Å²) in [5, 5.41) is 14.1. The maximum absolute atomic E-state index is 11.5. The molecule has 0 heterocycles. The zero-order valence-electron chi connectivity index (χ0n) is 10.8. The molecule has 0 bridgehead atoms. The molecule has 0 radical (unpaired) electrons. The summed E-state index contributed by atoms with van der Waals surface area (Å²) in [5.74, 6) is 0.727. The van der Waals surface area contributed by atoms with Gasteiger partial charge in [-0.15, -0.1) is 0 Å². The van der Waals surface area contributed by atoms with Crippen LogP contribution >= 0.6 is 0 Å². The first-order valence-electron chi connectivity index (χ1n) is 6.07. The van der Waals surface area contributed by atoms with Gasteiger partial charge in [-0.1, -0.05) is 13.0 Å². The van der Waals surface area contributed by atoms with Crippen LogP contribution in [-0.2, 0) is 0 Å². The fraction of sp³-hybridized carbons (Fsp3) is 0.462. The first kappa shape index (κ1) is 14.3. The lowest BCUT2D eigenvalue weighted by atomic mass is 10.3. The molecular formula is C13H20N2O3. The molecule has 0 aliphatic rings. The minimum absolute atomic E-state index is 0.0902. The Hall–Kier alpha value is -1.75. The number of nitrogens with one attached hydrogen (secondary N) is 2. The molecule has 1 atom stereocenters. The van der Waals surface area contributed by atoms with Crippen molar-refractivity contribution in [2.75, 3.05) is 18.5 Å². The number of carbonyl (C=O) groups excluding carboxylic acids is 1. The maximum Gasteiger partial charge on any atom is 0.319 e. The van der Waals surface area contributed by atoms with Crippen LogP contribution in [0.5, 0.6) is 5.75 Å². The van der Waals surface area contributed by atoms with Crippen molar-refractivity contribution in [2.24, 2.45) is 0 Å². The highest BCUT2D eigenvalue weighted by molar-refractivity contribution is 5.89. The molecule has 0 aliphatic carbocycles. The number of rotatable bonds is 6. The second-order valence-electron chi connectivity index (χ2n) is 4.06. The van der Waals surface area contributed by atoms with Crippen molar-refractivity contribution in [1.82, 2.24) is 5.32 Å². The van der Waals surface area contributed by atoms with Gasteiger partial charge in [0.15, 0.2) is 0 Å². The Labute approximate surface area is 107 Å². The van der Waals surface area contributed by atoms with E-state index in [1.54, 1.807) is 19.1 Å². The van der Waals surface area contributed by atoms with E-state index in [9.17, 15) is 4.79 Å². The summed E-state index contributed by atoms with van der Waals surface area (Å²) in [6.07, 6.45) is 0.937. The molecule has 0 saturated carbocycles. The number of anilines is 1. The van der Waals surface area contributed by atoms with Gasteiger partial charge in [-0.3, -0.25) is 0 Å². The molecule has 5 heteroatoms. The molecule has 0 fully saturated rings. The van der Waals surface area contributed by atoms with Gasteiger partial charge in [0.25, 0.3) is 0 Å². The van der Waals surface area contributed by atoms with Crippen molar-refractivity contribution in [2.45, 2.75) is 26.3 Å². The van der Waals surface area contributed by atoms with E-state index >= 15 is 0 Å². The number of aliphatic hydroxyl groups is 1. The molecule has 0 spiro atoms. The lowest BCUT2D eigenvalue weighted by Gasteiger charge is -2.12. The molecule has 100 valence electrons. The van der Waals surface area contributed by atoms with Crippen molar-refractivity contribution in [1.29, 1.82) is 0 Å². The topological polar surface area (TPSA) is 70.6 Å². The Kier molecular flexibility index (Phi) is 6.00. The van der Waals surface area contributed by atoms with Gasteiger partial charge in [-0.2, -0.15) is 0 Å². The minimum Gasteiger partial charge on any atom is -0.494 e. The first-order chi connectivity index (χ1) is 8.65. The summed E-state index contributed by atoms with van der Waals surface area (Å²) in [6.45, 7) is 4.32. The SMILES string of the molecule is CCCOc1cccc(NC(=O)NC(C)CO)c1. The van der Waals surface area contributed by atoms with E-state index in [-0.39, 0.29) is 18.7 Å². The van der Waals surface area contributed by atoms with Crippen LogP contribution in [0.15, 0.2) is 24.3 Å². The summed E-state index contributed by atoms with van der Waals surface area (Å²) in [4.78, 5) is 11.5. The lowest BCUT2D eigenvalue weighted by molar-refractivity contribution is 0.229. The Balaban J connectivity index is 2.53. The Morgan fingerprint density at radius 2 is 2.28 bits per heavy atom. The van der Waals surface area contributed by atoms with Gasteiger partial charge in [-0.05, 0) is 25.5 Å². The average Bonchev–Trinajstić information content (AvgIpc) is 2.36. The van der Waals surface area contributed by atoms with E-state index in [4.69, 9.17) is 9.84 Å². The van der Waals surface area contributed by atoms with Gasteiger partial charge < -0.3 is 20.5 Å². The summed E-state index contributed by atoms with van der Waals surface area (Å²) in [6, 6.07) is 6.58.